The molecule has 188 valence electrons. The summed E-state index contributed by atoms with van der Waals surface area (Å²) in [6.07, 6.45) is 6.09. The quantitative estimate of drug-likeness (QED) is 0.256. The third-order valence-electron chi connectivity index (χ3n) is 7.23. The topological polar surface area (TPSA) is 91.2 Å². The Labute approximate surface area is 213 Å². The van der Waals surface area contributed by atoms with Crippen LogP contribution in [0.4, 0.5) is 17.1 Å². The predicted molar refractivity (Wildman–Crippen MR) is 149 cm³/mol. The number of rotatable bonds is 8. The molecule has 0 amide bonds. The van der Waals surface area contributed by atoms with Crippen molar-refractivity contribution in [3.63, 3.8) is 0 Å². The molecule has 0 saturated carbocycles. The molecular formula is C29H36N6O. The molecule has 3 heterocycles. The molecule has 2 aromatic heterocycles. The van der Waals surface area contributed by atoms with E-state index in [0.29, 0.717) is 18.3 Å². The highest BCUT2D eigenvalue weighted by Crippen LogP contribution is 2.38. The average molecular weight is 485 g/mol. The summed E-state index contributed by atoms with van der Waals surface area (Å²) >= 11 is 0. The number of piperidine rings is 1. The second kappa shape index (κ2) is 10.6. The van der Waals surface area contributed by atoms with Gasteiger partial charge in [-0.2, -0.15) is 0 Å². The highest BCUT2D eigenvalue weighted by Gasteiger charge is 2.17. The molecule has 0 spiro atoms. The summed E-state index contributed by atoms with van der Waals surface area (Å²) in [5, 5.41) is 8.42. The number of fused-ring (bicyclic) bond motifs is 1. The van der Waals surface area contributed by atoms with E-state index in [-0.39, 0.29) is 0 Å². The summed E-state index contributed by atoms with van der Waals surface area (Å²) in [6.45, 7) is 7.97. The molecule has 0 atom stereocenters. The van der Waals surface area contributed by atoms with Crippen molar-refractivity contribution in [1.82, 2.24) is 20.2 Å². The van der Waals surface area contributed by atoms with Gasteiger partial charge in [-0.3, -0.25) is 4.98 Å². The van der Waals surface area contributed by atoms with Gasteiger partial charge in [-0.25, -0.2) is 0 Å². The van der Waals surface area contributed by atoms with Crippen molar-refractivity contribution < 1.29 is 4.74 Å². The van der Waals surface area contributed by atoms with Crippen LogP contribution in [0.5, 0.6) is 5.75 Å². The van der Waals surface area contributed by atoms with E-state index in [0.717, 1.165) is 59.1 Å². The van der Waals surface area contributed by atoms with Gasteiger partial charge in [0.2, 0.25) is 0 Å². The van der Waals surface area contributed by atoms with Gasteiger partial charge < -0.3 is 31.0 Å². The molecule has 7 heteroatoms. The van der Waals surface area contributed by atoms with Gasteiger partial charge in [0.1, 0.15) is 12.4 Å². The number of hydrogen-bond donors (Lipinski definition) is 4. The largest absolute Gasteiger partial charge is 0.492 e. The lowest BCUT2D eigenvalue weighted by atomic mass is 10.0. The zero-order valence-electron chi connectivity index (χ0n) is 21.4. The molecule has 5 rings (SSSR count). The minimum Gasteiger partial charge on any atom is -0.492 e. The van der Waals surface area contributed by atoms with E-state index in [1.165, 1.54) is 23.8 Å². The van der Waals surface area contributed by atoms with Gasteiger partial charge in [0.05, 0.1) is 17.6 Å². The van der Waals surface area contributed by atoms with Gasteiger partial charge in [-0.1, -0.05) is 12.1 Å². The van der Waals surface area contributed by atoms with Crippen molar-refractivity contribution in [2.75, 3.05) is 44.3 Å². The SMILES string of the molecule is Cc1ncc(N)c(Nc2ccc3[nH]ccc3c2C)c1-c1ccc(OCCNC2CCN(C)CC2)cc1. The van der Waals surface area contributed by atoms with E-state index < -0.39 is 0 Å². The number of aromatic nitrogens is 2. The molecule has 1 aliphatic heterocycles. The van der Waals surface area contributed by atoms with Crippen LogP contribution >= 0.6 is 0 Å². The number of nitrogen functional groups attached to an aromatic ring is 1. The van der Waals surface area contributed by atoms with E-state index in [9.17, 15) is 0 Å². The minimum atomic E-state index is 0.596. The highest BCUT2D eigenvalue weighted by molar-refractivity contribution is 5.94. The Balaban J connectivity index is 1.29. The maximum Gasteiger partial charge on any atom is 0.119 e. The second-order valence-electron chi connectivity index (χ2n) is 9.76. The number of likely N-dealkylation sites (tertiary alicyclic amines) is 1. The number of nitrogens with zero attached hydrogens (tertiary/aromatic N) is 2. The number of pyridine rings is 1. The second-order valence-corrected chi connectivity index (χ2v) is 9.76. The zero-order valence-corrected chi connectivity index (χ0v) is 21.4. The first-order chi connectivity index (χ1) is 17.5. The molecule has 4 aromatic rings. The van der Waals surface area contributed by atoms with E-state index >= 15 is 0 Å². The van der Waals surface area contributed by atoms with Gasteiger partial charge in [0, 0.05) is 46.6 Å². The van der Waals surface area contributed by atoms with Crippen molar-refractivity contribution in [3.05, 3.63) is 66.1 Å². The number of anilines is 3. The normalized spacial score (nSPS) is 14.9. The summed E-state index contributed by atoms with van der Waals surface area (Å²) < 4.78 is 6.01. The van der Waals surface area contributed by atoms with Gasteiger partial charge >= 0.3 is 0 Å². The Bertz CT molecular complexity index is 1320. The Morgan fingerprint density at radius 1 is 1.08 bits per heavy atom. The number of aryl methyl sites for hydroxylation is 2. The lowest BCUT2D eigenvalue weighted by molar-refractivity contribution is 0.224. The zero-order chi connectivity index (χ0) is 25.1. The third kappa shape index (κ3) is 5.17. The lowest BCUT2D eigenvalue weighted by Gasteiger charge is -2.29. The van der Waals surface area contributed by atoms with E-state index in [1.54, 1.807) is 6.20 Å². The fourth-order valence-corrected chi connectivity index (χ4v) is 5.03. The van der Waals surface area contributed by atoms with Gasteiger partial charge in [0.25, 0.3) is 0 Å². The Hall–Kier alpha value is -3.55. The first-order valence-corrected chi connectivity index (χ1v) is 12.7. The third-order valence-corrected chi connectivity index (χ3v) is 7.23. The fraction of sp³-hybridized carbons (Fsp3) is 0.345. The Morgan fingerprint density at radius 2 is 1.86 bits per heavy atom. The maximum atomic E-state index is 6.43. The summed E-state index contributed by atoms with van der Waals surface area (Å²) in [4.78, 5) is 10.2. The minimum absolute atomic E-state index is 0.596. The number of nitrogens with two attached hydrogens (primary N) is 1. The number of hydrogen-bond acceptors (Lipinski definition) is 6. The summed E-state index contributed by atoms with van der Waals surface area (Å²) in [7, 11) is 2.19. The molecule has 1 aliphatic rings. The molecule has 0 bridgehead atoms. The van der Waals surface area contributed by atoms with Crippen LogP contribution in [0.2, 0.25) is 0 Å². The molecule has 5 N–H and O–H groups in total. The summed E-state index contributed by atoms with van der Waals surface area (Å²) in [6, 6.07) is 15.1. The van der Waals surface area contributed by atoms with Crippen LogP contribution in [0.3, 0.4) is 0 Å². The molecule has 0 unspecified atom stereocenters. The number of H-pyrrole nitrogens is 1. The molecule has 1 fully saturated rings. The molecule has 0 radical (unpaired) electrons. The number of nitrogens with one attached hydrogen (secondary N) is 3. The van der Waals surface area contributed by atoms with Crippen LogP contribution in [0.1, 0.15) is 24.1 Å². The van der Waals surface area contributed by atoms with Crippen LogP contribution in [0.15, 0.2) is 54.9 Å². The molecule has 2 aromatic carbocycles. The standard InChI is InChI=1S/C29H36N6O/c1-19-24-10-13-32-27(24)9-8-26(19)34-29-25(30)18-33-20(2)28(29)21-4-6-23(7-5-21)36-17-14-31-22-11-15-35(3)16-12-22/h4-10,13,18,22,31-32H,11-12,14-17,30H2,1-3H3,(H,33,34). The van der Waals surface area contributed by atoms with Crippen molar-refractivity contribution in [3.8, 4) is 16.9 Å². The van der Waals surface area contributed by atoms with Crippen LogP contribution in [-0.2, 0) is 0 Å². The molecule has 7 nitrogen and oxygen atoms in total. The number of ether oxygens (including phenoxy) is 1. The van der Waals surface area contributed by atoms with Gasteiger partial charge in [-0.05, 0) is 88.3 Å². The molecule has 36 heavy (non-hydrogen) atoms. The smallest absolute Gasteiger partial charge is 0.119 e. The van der Waals surface area contributed by atoms with Crippen molar-refractivity contribution in [1.29, 1.82) is 0 Å². The van der Waals surface area contributed by atoms with Crippen molar-refractivity contribution in [2.24, 2.45) is 0 Å². The van der Waals surface area contributed by atoms with Gasteiger partial charge in [0.15, 0.2) is 0 Å². The van der Waals surface area contributed by atoms with Crippen LogP contribution in [0.25, 0.3) is 22.0 Å². The van der Waals surface area contributed by atoms with E-state index in [2.05, 4.69) is 69.8 Å². The van der Waals surface area contributed by atoms with Crippen molar-refractivity contribution in [2.45, 2.75) is 32.7 Å². The fourth-order valence-electron chi connectivity index (χ4n) is 5.03. The summed E-state index contributed by atoms with van der Waals surface area (Å²) in [5.41, 5.74) is 14.2. The maximum absolute atomic E-state index is 6.43. The van der Waals surface area contributed by atoms with Crippen LogP contribution in [0, 0.1) is 13.8 Å². The Morgan fingerprint density at radius 3 is 2.64 bits per heavy atom. The Kier molecular flexibility index (Phi) is 7.11. The first kappa shape index (κ1) is 24.2. The predicted octanol–water partition coefficient (Wildman–Crippen LogP) is 5.24. The molecule has 1 saturated heterocycles. The highest BCUT2D eigenvalue weighted by atomic mass is 16.5. The van der Waals surface area contributed by atoms with E-state index in [4.69, 9.17) is 10.5 Å². The number of aromatic amines is 1. The molecular weight excluding hydrogens is 448 g/mol. The van der Waals surface area contributed by atoms with Gasteiger partial charge in [-0.15, -0.1) is 0 Å². The van der Waals surface area contributed by atoms with Crippen molar-refractivity contribution >= 4 is 28.0 Å². The monoisotopic (exact) mass is 484 g/mol. The lowest BCUT2D eigenvalue weighted by Crippen LogP contribution is -2.42. The first-order valence-electron chi connectivity index (χ1n) is 12.7. The molecule has 0 aliphatic carbocycles. The number of benzene rings is 2. The van der Waals surface area contributed by atoms with Crippen LogP contribution in [-0.4, -0.2) is 54.2 Å². The average Bonchev–Trinajstić information content (AvgIpc) is 3.37. The van der Waals surface area contributed by atoms with E-state index in [1.807, 2.05) is 25.3 Å². The van der Waals surface area contributed by atoms with Crippen LogP contribution < -0.4 is 21.1 Å². The summed E-state index contributed by atoms with van der Waals surface area (Å²) in [5.74, 6) is 0.863.